The van der Waals surface area contributed by atoms with Crippen LogP contribution in [0.1, 0.15) is 18.5 Å². The molecule has 0 N–H and O–H groups in total. The van der Waals surface area contributed by atoms with Crippen molar-refractivity contribution in [3.05, 3.63) is 64.6 Å². The van der Waals surface area contributed by atoms with Crippen molar-refractivity contribution in [3.63, 3.8) is 0 Å². The molecule has 1 fully saturated rings. The molecule has 0 amide bonds. The molecule has 1 saturated heterocycles. The van der Waals surface area contributed by atoms with Gasteiger partial charge in [-0.3, -0.25) is 4.79 Å². The zero-order chi connectivity index (χ0) is 20.7. The van der Waals surface area contributed by atoms with Crippen molar-refractivity contribution >= 4 is 16.6 Å². The van der Waals surface area contributed by atoms with E-state index < -0.39 is 0 Å². The van der Waals surface area contributed by atoms with Crippen LogP contribution >= 0.6 is 0 Å². The summed E-state index contributed by atoms with van der Waals surface area (Å²) in [6.07, 6.45) is 5.42. The largest absolute Gasteiger partial charge is 0.378 e. The zero-order valence-corrected chi connectivity index (χ0v) is 16.5. The van der Waals surface area contributed by atoms with Crippen molar-refractivity contribution in [1.82, 2.24) is 19.2 Å². The van der Waals surface area contributed by atoms with Crippen molar-refractivity contribution in [2.45, 2.75) is 32.1 Å². The Balaban J connectivity index is 1.68. The summed E-state index contributed by atoms with van der Waals surface area (Å²) in [7, 11) is 1.59. The van der Waals surface area contributed by atoms with E-state index in [1.54, 1.807) is 40.7 Å². The number of halogens is 1. The van der Waals surface area contributed by atoms with Crippen LogP contribution < -0.4 is 5.56 Å². The van der Waals surface area contributed by atoms with Crippen LogP contribution in [-0.2, 0) is 22.6 Å². The van der Waals surface area contributed by atoms with Crippen LogP contribution in [0.2, 0.25) is 0 Å². The maximum absolute atomic E-state index is 13.4. The topological polar surface area (TPSA) is 70.7 Å². The standard InChI is InChI=1S/C22H21FN4O3/c1-29-13-18-20(14-4-6-15(23)7-5-14)21-24-11-17-19(27(21)25-18)8-9-26(22(17)28)12-16-3-2-10-30-16/h4-9,11,16H,2-3,10,12-13H2,1H3/t16-/m0/s1. The molecule has 7 nitrogen and oxygen atoms in total. The minimum Gasteiger partial charge on any atom is -0.378 e. The Morgan fingerprint density at radius 3 is 2.83 bits per heavy atom. The average Bonchev–Trinajstić information content (AvgIpc) is 3.39. The van der Waals surface area contributed by atoms with Crippen molar-refractivity contribution < 1.29 is 13.9 Å². The minimum absolute atomic E-state index is 0.0694. The number of fused-ring (bicyclic) bond motifs is 3. The normalized spacial score (nSPS) is 16.7. The van der Waals surface area contributed by atoms with Crippen molar-refractivity contribution in [2.24, 2.45) is 0 Å². The molecule has 0 saturated carbocycles. The fourth-order valence-corrected chi connectivity index (χ4v) is 4.06. The fourth-order valence-electron chi connectivity index (χ4n) is 4.06. The Kier molecular flexibility index (Phi) is 4.80. The number of rotatable bonds is 5. The average molecular weight is 408 g/mol. The lowest BCUT2D eigenvalue weighted by Crippen LogP contribution is -2.26. The van der Waals surface area contributed by atoms with Crippen molar-refractivity contribution in [3.8, 4) is 11.1 Å². The smallest absolute Gasteiger partial charge is 0.261 e. The molecule has 0 unspecified atom stereocenters. The van der Waals surface area contributed by atoms with Gasteiger partial charge < -0.3 is 14.0 Å². The molecule has 0 spiro atoms. The van der Waals surface area contributed by atoms with Gasteiger partial charge in [-0.2, -0.15) is 5.10 Å². The summed E-state index contributed by atoms with van der Waals surface area (Å²) < 4.78 is 27.7. The van der Waals surface area contributed by atoms with Crippen LogP contribution in [0.15, 0.2) is 47.5 Å². The van der Waals surface area contributed by atoms with E-state index in [-0.39, 0.29) is 24.1 Å². The number of methoxy groups -OCH3 is 1. The summed E-state index contributed by atoms with van der Waals surface area (Å²) in [5.74, 6) is -0.311. The van der Waals surface area contributed by atoms with Gasteiger partial charge in [0.2, 0.25) is 0 Å². The van der Waals surface area contributed by atoms with E-state index in [9.17, 15) is 9.18 Å². The fraction of sp³-hybridized carbons (Fsp3) is 0.318. The lowest BCUT2D eigenvalue weighted by molar-refractivity contribution is 0.0963. The maximum atomic E-state index is 13.4. The molecule has 4 heterocycles. The summed E-state index contributed by atoms with van der Waals surface area (Å²) >= 11 is 0. The summed E-state index contributed by atoms with van der Waals surface area (Å²) in [5.41, 5.74) is 3.37. The van der Waals surface area contributed by atoms with Gasteiger partial charge in [-0.25, -0.2) is 13.9 Å². The van der Waals surface area contributed by atoms with E-state index in [2.05, 4.69) is 10.1 Å². The molecule has 1 atom stereocenters. The predicted molar refractivity (Wildman–Crippen MR) is 110 cm³/mol. The van der Waals surface area contributed by atoms with Gasteiger partial charge >= 0.3 is 0 Å². The van der Waals surface area contributed by atoms with Crippen LogP contribution in [0, 0.1) is 5.82 Å². The third-order valence-corrected chi connectivity index (χ3v) is 5.50. The molecule has 154 valence electrons. The third kappa shape index (κ3) is 3.18. The molecule has 0 radical (unpaired) electrons. The Hall–Kier alpha value is -3.10. The number of hydrogen-bond acceptors (Lipinski definition) is 5. The van der Waals surface area contributed by atoms with Crippen LogP contribution in [0.4, 0.5) is 4.39 Å². The van der Waals surface area contributed by atoms with Gasteiger partial charge in [-0.15, -0.1) is 0 Å². The summed E-state index contributed by atoms with van der Waals surface area (Å²) in [4.78, 5) is 17.6. The molecule has 5 rings (SSSR count). The number of ether oxygens (including phenoxy) is 2. The predicted octanol–water partition coefficient (Wildman–Crippen LogP) is 3.18. The van der Waals surface area contributed by atoms with Gasteiger partial charge in [0.1, 0.15) is 5.82 Å². The highest BCUT2D eigenvalue weighted by Crippen LogP contribution is 2.29. The number of hydrogen-bond donors (Lipinski definition) is 0. The Labute approximate surface area is 171 Å². The Bertz CT molecular complexity index is 1270. The summed E-state index contributed by atoms with van der Waals surface area (Å²) in [6, 6.07) is 8.06. The lowest BCUT2D eigenvalue weighted by atomic mass is 10.1. The van der Waals surface area contributed by atoms with Crippen LogP contribution in [0.3, 0.4) is 0 Å². The molecule has 3 aromatic heterocycles. The van der Waals surface area contributed by atoms with E-state index in [1.807, 2.05) is 6.07 Å². The van der Waals surface area contributed by atoms with E-state index in [0.29, 0.717) is 28.8 Å². The highest BCUT2D eigenvalue weighted by atomic mass is 19.1. The second-order valence-corrected chi connectivity index (χ2v) is 7.46. The molecule has 1 aliphatic heterocycles. The second kappa shape index (κ2) is 7.62. The van der Waals surface area contributed by atoms with E-state index in [4.69, 9.17) is 9.47 Å². The molecule has 4 aromatic rings. The molecular formula is C22H21FN4O3. The van der Waals surface area contributed by atoms with Crippen LogP contribution in [0.5, 0.6) is 0 Å². The SMILES string of the molecule is COCc1nn2c(ncc3c(=O)n(C[C@@H]4CCCO4)ccc32)c1-c1ccc(F)cc1. The van der Waals surface area contributed by atoms with Gasteiger partial charge in [0, 0.05) is 26.1 Å². The first kappa shape index (κ1) is 18.9. The Morgan fingerprint density at radius 1 is 1.27 bits per heavy atom. The van der Waals surface area contributed by atoms with Crippen LogP contribution in [0.25, 0.3) is 27.7 Å². The van der Waals surface area contributed by atoms with Gasteiger partial charge in [0.25, 0.3) is 5.56 Å². The summed E-state index contributed by atoms with van der Waals surface area (Å²) in [5, 5.41) is 5.15. The highest BCUT2D eigenvalue weighted by molar-refractivity contribution is 5.86. The number of pyridine rings is 1. The summed E-state index contributed by atoms with van der Waals surface area (Å²) in [6.45, 7) is 1.55. The number of benzene rings is 1. The van der Waals surface area contributed by atoms with Gasteiger partial charge in [-0.05, 0) is 36.6 Å². The molecule has 0 aliphatic carbocycles. The molecular weight excluding hydrogens is 387 g/mol. The Morgan fingerprint density at radius 2 is 2.10 bits per heavy atom. The first-order valence-electron chi connectivity index (χ1n) is 9.92. The second-order valence-electron chi connectivity index (χ2n) is 7.46. The van der Waals surface area contributed by atoms with E-state index in [0.717, 1.165) is 30.6 Å². The third-order valence-electron chi connectivity index (χ3n) is 5.50. The first-order chi connectivity index (χ1) is 14.7. The van der Waals surface area contributed by atoms with Gasteiger partial charge in [-0.1, -0.05) is 12.1 Å². The quantitative estimate of drug-likeness (QED) is 0.507. The molecule has 1 aromatic carbocycles. The maximum Gasteiger partial charge on any atom is 0.261 e. The number of nitrogens with zero attached hydrogens (tertiary/aromatic N) is 4. The zero-order valence-electron chi connectivity index (χ0n) is 16.5. The van der Waals surface area contributed by atoms with Crippen molar-refractivity contribution in [2.75, 3.05) is 13.7 Å². The molecule has 8 heteroatoms. The van der Waals surface area contributed by atoms with E-state index in [1.165, 1.54) is 12.1 Å². The monoisotopic (exact) mass is 408 g/mol. The molecule has 30 heavy (non-hydrogen) atoms. The van der Waals surface area contributed by atoms with Gasteiger partial charge in [0.15, 0.2) is 5.65 Å². The molecule has 0 bridgehead atoms. The van der Waals surface area contributed by atoms with Crippen LogP contribution in [-0.4, -0.2) is 39.0 Å². The van der Waals surface area contributed by atoms with Gasteiger partial charge in [0.05, 0.1) is 41.4 Å². The highest BCUT2D eigenvalue weighted by Gasteiger charge is 2.20. The van der Waals surface area contributed by atoms with E-state index >= 15 is 0 Å². The lowest BCUT2D eigenvalue weighted by Gasteiger charge is -2.12. The van der Waals surface area contributed by atoms with Crippen molar-refractivity contribution in [1.29, 1.82) is 0 Å². The molecule has 1 aliphatic rings. The first-order valence-corrected chi connectivity index (χ1v) is 9.92. The minimum atomic E-state index is -0.311. The number of aromatic nitrogens is 4.